The van der Waals surface area contributed by atoms with Gasteiger partial charge >= 0.3 is 0 Å². The molecule has 0 saturated heterocycles. The summed E-state index contributed by atoms with van der Waals surface area (Å²) in [6.07, 6.45) is 0. The molecule has 0 heterocycles. The minimum absolute atomic E-state index is 0.132. The van der Waals surface area contributed by atoms with Gasteiger partial charge in [0, 0.05) is 5.92 Å². The third kappa shape index (κ3) is 2.26. The predicted molar refractivity (Wildman–Crippen MR) is 82.7 cm³/mol. The number of phenols is 2. The lowest BCUT2D eigenvalue weighted by atomic mass is 9.86. The summed E-state index contributed by atoms with van der Waals surface area (Å²) in [5, 5.41) is 20.2. The first-order valence-electron chi connectivity index (χ1n) is 6.92. The van der Waals surface area contributed by atoms with Crippen molar-refractivity contribution in [3.63, 3.8) is 0 Å². The fourth-order valence-corrected chi connectivity index (χ4v) is 2.81. The number of rotatable bonds is 2. The van der Waals surface area contributed by atoms with Crippen molar-refractivity contribution in [1.82, 2.24) is 0 Å². The maximum atomic E-state index is 10.1. The second-order valence-corrected chi connectivity index (χ2v) is 5.61. The molecule has 0 aliphatic carbocycles. The highest BCUT2D eigenvalue weighted by Crippen LogP contribution is 2.36. The molecule has 2 aromatic rings. The summed E-state index contributed by atoms with van der Waals surface area (Å²) >= 11 is 0. The quantitative estimate of drug-likeness (QED) is 0.844. The molecule has 2 nitrogen and oxygen atoms in total. The average molecular weight is 270 g/mol. The summed E-state index contributed by atoms with van der Waals surface area (Å²) in [4.78, 5) is 0. The zero-order valence-electron chi connectivity index (χ0n) is 12.8. The fourth-order valence-electron chi connectivity index (χ4n) is 2.81. The Morgan fingerprint density at radius 1 is 0.700 bits per heavy atom. The van der Waals surface area contributed by atoms with Crippen LogP contribution in [0.15, 0.2) is 24.3 Å². The molecule has 0 unspecified atom stereocenters. The molecule has 2 N–H and O–H groups in total. The molecule has 106 valence electrons. The second kappa shape index (κ2) is 5.20. The second-order valence-electron chi connectivity index (χ2n) is 5.61. The van der Waals surface area contributed by atoms with Crippen LogP contribution in [0.25, 0.3) is 0 Å². The molecule has 0 spiro atoms. The van der Waals surface area contributed by atoms with Gasteiger partial charge in [0.1, 0.15) is 11.5 Å². The predicted octanol–water partition coefficient (Wildman–Crippen LogP) is 4.48. The Kier molecular flexibility index (Phi) is 3.76. The Bertz CT molecular complexity index is 599. The largest absolute Gasteiger partial charge is 0.507 e. The van der Waals surface area contributed by atoms with Crippen LogP contribution >= 0.6 is 0 Å². The van der Waals surface area contributed by atoms with Gasteiger partial charge in [0.2, 0.25) is 0 Å². The fraction of sp³-hybridized carbons (Fsp3) is 0.333. The first kappa shape index (κ1) is 14.4. The van der Waals surface area contributed by atoms with E-state index in [9.17, 15) is 10.2 Å². The summed E-state index contributed by atoms with van der Waals surface area (Å²) in [6, 6.07) is 8.01. The number of hydrogen-bond acceptors (Lipinski definition) is 2. The highest BCUT2D eigenvalue weighted by molar-refractivity contribution is 5.52. The zero-order chi connectivity index (χ0) is 15.0. The van der Waals surface area contributed by atoms with Crippen molar-refractivity contribution in [2.75, 3.05) is 0 Å². The molecule has 2 rings (SSSR count). The smallest absolute Gasteiger partial charge is 0.121 e. The monoisotopic (exact) mass is 270 g/mol. The topological polar surface area (TPSA) is 40.5 Å². The van der Waals surface area contributed by atoms with Crippen molar-refractivity contribution in [2.24, 2.45) is 0 Å². The number of aromatic hydroxyl groups is 2. The van der Waals surface area contributed by atoms with Gasteiger partial charge < -0.3 is 10.2 Å². The highest BCUT2D eigenvalue weighted by Gasteiger charge is 2.17. The Morgan fingerprint density at radius 2 is 1.05 bits per heavy atom. The van der Waals surface area contributed by atoms with Gasteiger partial charge in [-0.3, -0.25) is 0 Å². The molecule has 0 saturated carbocycles. The van der Waals surface area contributed by atoms with Crippen molar-refractivity contribution in [3.8, 4) is 11.5 Å². The molecule has 0 bridgehead atoms. The van der Waals surface area contributed by atoms with E-state index < -0.39 is 0 Å². The standard InChI is InChI=1S/C18H22O2/c1-10-6-8-15(13(4)17(10)19)12(3)16-9-7-11(2)18(20)14(16)5/h6-9,12,19-20H,1-5H3. The SMILES string of the molecule is Cc1ccc(C(C)c2ccc(C)c(O)c2C)c(C)c1O. The Hall–Kier alpha value is -1.96. The van der Waals surface area contributed by atoms with Crippen LogP contribution in [0, 0.1) is 27.7 Å². The van der Waals surface area contributed by atoms with E-state index >= 15 is 0 Å². The van der Waals surface area contributed by atoms with Crippen molar-refractivity contribution in [2.45, 2.75) is 40.5 Å². The van der Waals surface area contributed by atoms with Gasteiger partial charge in [0.05, 0.1) is 0 Å². The summed E-state index contributed by atoms with van der Waals surface area (Å²) in [7, 11) is 0. The van der Waals surface area contributed by atoms with E-state index in [1.165, 1.54) is 0 Å². The molecule has 0 amide bonds. The van der Waals surface area contributed by atoms with Gasteiger partial charge in [-0.1, -0.05) is 31.2 Å². The molecule has 0 aliphatic heterocycles. The van der Waals surface area contributed by atoms with Crippen LogP contribution < -0.4 is 0 Å². The van der Waals surface area contributed by atoms with Crippen LogP contribution in [0.5, 0.6) is 11.5 Å². The van der Waals surface area contributed by atoms with Gasteiger partial charge in [-0.2, -0.15) is 0 Å². The first-order valence-corrected chi connectivity index (χ1v) is 6.92. The molecule has 0 aliphatic rings. The number of benzene rings is 2. The Balaban J connectivity index is 2.55. The maximum absolute atomic E-state index is 10.1. The minimum Gasteiger partial charge on any atom is -0.507 e. The molecule has 0 atom stereocenters. The Morgan fingerprint density at radius 3 is 1.40 bits per heavy atom. The number of phenolic OH excluding ortho intramolecular Hbond substituents is 2. The lowest BCUT2D eigenvalue weighted by Gasteiger charge is -2.20. The van der Waals surface area contributed by atoms with Crippen molar-refractivity contribution in [3.05, 3.63) is 57.6 Å². The van der Waals surface area contributed by atoms with Crippen LogP contribution in [-0.2, 0) is 0 Å². The van der Waals surface area contributed by atoms with Crippen LogP contribution in [0.4, 0.5) is 0 Å². The molecule has 0 fully saturated rings. The van der Waals surface area contributed by atoms with E-state index in [2.05, 4.69) is 19.1 Å². The van der Waals surface area contributed by atoms with E-state index in [0.717, 1.165) is 33.4 Å². The summed E-state index contributed by atoms with van der Waals surface area (Å²) < 4.78 is 0. The molecule has 0 aromatic heterocycles. The summed E-state index contributed by atoms with van der Waals surface area (Å²) in [5.74, 6) is 0.861. The molecule has 0 radical (unpaired) electrons. The Labute approximate surface area is 120 Å². The lowest BCUT2D eigenvalue weighted by molar-refractivity contribution is 0.464. The van der Waals surface area contributed by atoms with Crippen LogP contribution in [0.3, 0.4) is 0 Å². The third-order valence-corrected chi connectivity index (χ3v) is 4.28. The molecule has 2 heteroatoms. The van der Waals surface area contributed by atoms with Crippen LogP contribution in [-0.4, -0.2) is 10.2 Å². The van der Waals surface area contributed by atoms with Crippen molar-refractivity contribution < 1.29 is 10.2 Å². The van der Waals surface area contributed by atoms with E-state index in [-0.39, 0.29) is 5.92 Å². The van der Waals surface area contributed by atoms with Gasteiger partial charge in [0.25, 0.3) is 0 Å². The minimum atomic E-state index is 0.132. The molecular formula is C18H22O2. The van der Waals surface area contributed by atoms with E-state index in [1.54, 1.807) is 0 Å². The molecule has 20 heavy (non-hydrogen) atoms. The lowest BCUT2D eigenvalue weighted by Crippen LogP contribution is -2.02. The normalized spacial score (nSPS) is 11.1. The van der Waals surface area contributed by atoms with Crippen molar-refractivity contribution in [1.29, 1.82) is 0 Å². The van der Waals surface area contributed by atoms with Gasteiger partial charge in [-0.15, -0.1) is 0 Å². The number of aryl methyl sites for hydroxylation is 2. The average Bonchev–Trinajstić information content (AvgIpc) is 2.42. The number of hydrogen-bond donors (Lipinski definition) is 2. The van der Waals surface area contributed by atoms with Gasteiger partial charge in [-0.05, 0) is 61.1 Å². The van der Waals surface area contributed by atoms with Crippen LogP contribution in [0.1, 0.15) is 46.2 Å². The van der Waals surface area contributed by atoms with E-state index in [0.29, 0.717) is 11.5 Å². The molecule has 2 aromatic carbocycles. The van der Waals surface area contributed by atoms with Gasteiger partial charge in [0.15, 0.2) is 0 Å². The maximum Gasteiger partial charge on any atom is 0.121 e. The first-order chi connectivity index (χ1) is 9.34. The highest BCUT2D eigenvalue weighted by atomic mass is 16.3. The summed E-state index contributed by atoms with van der Waals surface area (Å²) in [6.45, 7) is 9.79. The van der Waals surface area contributed by atoms with Gasteiger partial charge in [-0.25, -0.2) is 0 Å². The van der Waals surface area contributed by atoms with E-state index in [4.69, 9.17) is 0 Å². The molecular weight excluding hydrogens is 248 g/mol. The van der Waals surface area contributed by atoms with Crippen LogP contribution in [0.2, 0.25) is 0 Å². The van der Waals surface area contributed by atoms with Crippen molar-refractivity contribution >= 4 is 0 Å². The summed E-state index contributed by atoms with van der Waals surface area (Å²) in [5.41, 5.74) is 5.80. The third-order valence-electron chi connectivity index (χ3n) is 4.28. The zero-order valence-corrected chi connectivity index (χ0v) is 12.8. The van der Waals surface area contributed by atoms with E-state index in [1.807, 2.05) is 39.8 Å².